The monoisotopic (exact) mass is 286 g/mol. The van der Waals surface area contributed by atoms with Crippen molar-refractivity contribution in [1.82, 2.24) is 0 Å². The second-order valence-corrected chi connectivity index (χ2v) is 5.76. The number of ether oxygens (including phenoxy) is 1. The van der Waals surface area contributed by atoms with Crippen LogP contribution in [0.1, 0.15) is 25.8 Å². The lowest BCUT2D eigenvalue weighted by molar-refractivity contribution is 0.0536. The van der Waals surface area contributed by atoms with Crippen molar-refractivity contribution in [3.8, 4) is 0 Å². The summed E-state index contributed by atoms with van der Waals surface area (Å²) in [6.07, 6.45) is 0.563. The minimum Gasteiger partial charge on any atom is -0.395 e. The van der Waals surface area contributed by atoms with Gasteiger partial charge >= 0.3 is 0 Å². The summed E-state index contributed by atoms with van der Waals surface area (Å²) < 4.78 is 5.55. The Morgan fingerprint density at radius 1 is 1.26 bits per heavy atom. The molecular weight excluding hydrogens is 264 g/mol. The third-order valence-corrected chi connectivity index (χ3v) is 3.45. The maximum atomic E-state index is 9.67. The second kappa shape index (κ2) is 7.85. The average molecular weight is 287 g/mol. The molecule has 0 saturated carbocycles. The minimum atomic E-state index is -0.693. The van der Waals surface area contributed by atoms with E-state index >= 15 is 0 Å². The predicted molar refractivity (Wildman–Crippen MR) is 77.6 cm³/mol. The fourth-order valence-electron chi connectivity index (χ4n) is 1.94. The van der Waals surface area contributed by atoms with E-state index in [1.165, 1.54) is 0 Å². The van der Waals surface area contributed by atoms with Gasteiger partial charge < -0.3 is 14.9 Å². The molecule has 1 aromatic rings. The summed E-state index contributed by atoms with van der Waals surface area (Å²) >= 11 is 5.97. The zero-order valence-electron chi connectivity index (χ0n) is 11.6. The molecule has 0 aliphatic heterocycles. The minimum absolute atomic E-state index is 0.130. The normalized spacial score (nSPS) is 12.1. The van der Waals surface area contributed by atoms with Crippen LogP contribution in [0.2, 0.25) is 5.02 Å². The molecule has 2 N–H and O–H groups in total. The summed E-state index contributed by atoms with van der Waals surface area (Å²) in [6, 6.07) is 7.27. The van der Waals surface area contributed by atoms with Crippen molar-refractivity contribution in [2.75, 3.05) is 26.4 Å². The van der Waals surface area contributed by atoms with Gasteiger partial charge in [-0.15, -0.1) is 0 Å². The highest BCUT2D eigenvalue weighted by atomic mass is 35.5. The first-order chi connectivity index (χ1) is 9.04. The Balaban J connectivity index is 2.73. The van der Waals surface area contributed by atoms with Crippen LogP contribution in [0.5, 0.6) is 0 Å². The van der Waals surface area contributed by atoms with Gasteiger partial charge in [0.2, 0.25) is 0 Å². The molecule has 19 heavy (non-hydrogen) atoms. The van der Waals surface area contributed by atoms with E-state index in [1.807, 2.05) is 12.1 Å². The molecular formula is C15H23ClO3. The summed E-state index contributed by atoms with van der Waals surface area (Å²) in [4.78, 5) is 0. The highest BCUT2D eigenvalue weighted by molar-refractivity contribution is 6.30. The first kappa shape index (κ1) is 16.4. The van der Waals surface area contributed by atoms with E-state index in [2.05, 4.69) is 13.8 Å². The zero-order chi connectivity index (χ0) is 14.3. The largest absolute Gasteiger partial charge is 0.395 e. The smallest absolute Gasteiger partial charge is 0.0550 e. The molecule has 0 heterocycles. The van der Waals surface area contributed by atoms with E-state index in [9.17, 15) is 10.2 Å². The summed E-state index contributed by atoms with van der Waals surface area (Å²) in [5.74, 6) is 0.476. The fourth-order valence-corrected chi connectivity index (χ4v) is 2.13. The van der Waals surface area contributed by atoms with E-state index in [-0.39, 0.29) is 13.2 Å². The Morgan fingerprint density at radius 3 is 2.47 bits per heavy atom. The number of hydrogen-bond acceptors (Lipinski definition) is 3. The Labute approximate surface area is 120 Å². The van der Waals surface area contributed by atoms with E-state index in [0.29, 0.717) is 30.6 Å². The Kier molecular flexibility index (Phi) is 6.80. The van der Waals surface area contributed by atoms with Gasteiger partial charge in [-0.25, -0.2) is 0 Å². The van der Waals surface area contributed by atoms with Crippen LogP contribution in [0.25, 0.3) is 0 Å². The molecule has 3 nitrogen and oxygen atoms in total. The highest BCUT2D eigenvalue weighted by Gasteiger charge is 2.31. The van der Waals surface area contributed by atoms with Gasteiger partial charge in [0.1, 0.15) is 0 Å². The molecule has 0 fully saturated rings. The van der Waals surface area contributed by atoms with Gasteiger partial charge in [0.25, 0.3) is 0 Å². The third-order valence-electron chi connectivity index (χ3n) is 3.22. The third kappa shape index (κ3) is 4.77. The van der Waals surface area contributed by atoms with Crippen LogP contribution in [0, 0.1) is 5.92 Å². The van der Waals surface area contributed by atoms with Crippen LogP contribution < -0.4 is 0 Å². The van der Waals surface area contributed by atoms with Crippen molar-refractivity contribution in [3.63, 3.8) is 0 Å². The van der Waals surface area contributed by atoms with E-state index in [1.54, 1.807) is 12.1 Å². The molecule has 1 aromatic carbocycles. The SMILES string of the molecule is CC(C)COCCC(CO)(CO)c1cccc(Cl)c1. The van der Waals surface area contributed by atoms with E-state index in [4.69, 9.17) is 16.3 Å². The predicted octanol–water partition coefficient (Wildman–Crippen LogP) is 2.63. The van der Waals surface area contributed by atoms with E-state index < -0.39 is 5.41 Å². The van der Waals surface area contributed by atoms with Gasteiger partial charge in [-0.05, 0) is 30.0 Å². The molecule has 0 aromatic heterocycles. The lowest BCUT2D eigenvalue weighted by atomic mass is 9.79. The quantitative estimate of drug-likeness (QED) is 0.722. The summed E-state index contributed by atoms with van der Waals surface area (Å²) in [6.45, 7) is 5.10. The molecule has 0 aliphatic carbocycles. The molecule has 1 rings (SSSR count). The average Bonchev–Trinajstić information content (AvgIpc) is 2.39. The summed E-state index contributed by atoms with van der Waals surface area (Å²) in [5, 5.41) is 19.9. The highest BCUT2D eigenvalue weighted by Crippen LogP contribution is 2.29. The Morgan fingerprint density at radius 2 is 1.95 bits per heavy atom. The number of benzene rings is 1. The van der Waals surface area contributed by atoms with Gasteiger partial charge in [0.15, 0.2) is 0 Å². The number of halogens is 1. The standard InChI is InChI=1S/C15H23ClO3/c1-12(2)9-19-7-6-15(10-17,11-18)13-4-3-5-14(16)8-13/h3-5,8,12,17-18H,6-7,9-11H2,1-2H3. The molecule has 0 amide bonds. The van der Waals surface area contributed by atoms with Crippen LogP contribution >= 0.6 is 11.6 Å². The lowest BCUT2D eigenvalue weighted by Gasteiger charge is -2.30. The Bertz CT molecular complexity index is 375. The van der Waals surface area contributed by atoms with Crippen molar-refractivity contribution in [3.05, 3.63) is 34.9 Å². The van der Waals surface area contributed by atoms with Crippen LogP contribution in [0.4, 0.5) is 0 Å². The molecule has 0 saturated heterocycles. The lowest BCUT2D eigenvalue weighted by Crippen LogP contribution is -2.36. The number of rotatable bonds is 8. The second-order valence-electron chi connectivity index (χ2n) is 5.33. The van der Waals surface area contributed by atoms with Crippen molar-refractivity contribution >= 4 is 11.6 Å². The van der Waals surface area contributed by atoms with Crippen molar-refractivity contribution in [2.45, 2.75) is 25.7 Å². The molecule has 0 atom stereocenters. The topological polar surface area (TPSA) is 49.7 Å². The first-order valence-corrected chi connectivity index (χ1v) is 6.97. The fraction of sp³-hybridized carbons (Fsp3) is 0.600. The van der Waals surface area contributed by atoms with Gasteiger partial charge in [0, 0.05) is 23.7 Å². The molecule has 0 radical (unpaired) electrons. The van der Waals surface area contributed by atoms with Crippen molar-refractivity contribution in [1.29, 1.82) is 0 Å². The zero-order valence-corrected chi connectivity index (χ0v) is 12.4. The summed E-state index contributed by atoms with van der Waals surface area (Å²) in [5.41, 5.74) is 0.153. The number of hydrogen-bond donors (Lipinski definition) is 2. The molecule has 0 aliphatic rings. The molecule has 0 bridgehead atoms. The summed E-state index contributed by atoms with van der Waals surface area (Å²) in [7, 11) is 0. The molecule has 4 heteroatoms. The maximum Gasteiger partial charge on any atom is 0.0550 e. The van der Waals surface area contributed by atoms with Crippen LogP contribution in [-0.4, -0.2) is 36.6 Å². The maximum absolute atomic E-state index is 9.67. The Hall–Kier alpha value is -0.610. The number of aliphatic hydroxyl groups is 2. The van der Waals surface area contributed by atoms with Gasteiger partial charge in [-0.3, -0.25) is 0 Å². The molecule has 0 spiro atoms. The number of aliphatic hydroxyl groups excluding tert-OH is 2. The van der Waals surface area contributed by atoms with Gasteiger partial charge in [-0.1, -0.05) is 37.6 Å². The van der Waals surface area contributed by atoms with Crippen LogP contribution in [-0.2, 0) is 10.2 Å². The first-order valence-electron chi connectivity index (χ1n) is 6.59. The van der Waals surface area contributed by atoms with Crippen LogP contribution in [0.15, 0.2) is 24.3 Å². The molecule has 108 valence electrons. The van der Waals surface area contributed by atoms with Crippen molar-refractivity contribution < 1.29 is 14.9 Å². The van der Waals surface area contributed by atoms with Crippen molar-refractivity contribution in [2.24, 2.45) is 5.92 Å². The van der Waals surface area contributed by atoms with Gasteiger partial charge in [-0.2, -0.15) is 0 Å². The molecule has 0 unspecified atom stereocenters. The van der Waals surface area contributed by atoms with Crippen LogP contribution in [0.3, 0.4) is 0 Å². The van der Waals surface area contributed by atoms with Gasteiger partial charge in [0.05, 0.1) is 13.2 Å². The van der Waals surface area contributed by atoms with E-state index in [0.717, 1.165) is 5.56 Å².